The summed E-state index contributed by atoms with van der Waals surface area (Å²) in [5.41, 5.74) is -1.44. The number of carboxylic acid groups (broad SMARTS) is 1. The molecule has 0 radical (unpaired) electrons. The first-order valence-corrected chi connectivity index (χ1v) is 4.29. The quantitative estimate of drug-likeness (QED) is 0.586. The Hall–Kier alpha value is -0.300. The van der Waals surface area contributed by atoms with Crippen LogP contribution in [0.15, 0.2) is 0 Å². The van der Waals surface area contributed by atoms with Gasteiger partial charge in [0.05, 0.1) is 5.94 Å². The molecule has 0 bridgehead atoms. The number of aliphatic carboxylic acids is 1. The summed E-state index contributed by atoms with van der Waals surface area (Å²) in [4.78, 5) is 10.1. The molecule has 0 aromatic heterocycles. The largest absolute Gasteiger partial charge is 0.479 e. The molecule has 5 nitrogen and oxygen atoms in total. The fourth-order valence-corrected chi connectivity index (χ4v) is 0.881. The van der Waals surface area contributed by atoms with E-state index in [-0.39, 0.29) is 5.94 Å². The highest BCUT2D eigenvalue weighted by Crippen LogP contribution is 2.09. The monoisotopic (exact) mass is 196 g/mol. The number of thioether (sulfide) groups is 1. The van der Waals surface area contributed by atoms with Gasteiger partial charge >= 0.3 is 5.97 Å². The molecule has 0 heterocycles. The van der Waals surface area contributed by atoms with Crippen LogP contribution < -0.4 is 0 Å². The average Bonchev–Trinajstić information content (AvgIpc) is 2.03. The van der Waals surface area contributed by atoms with E-state index in [1.807, 2.05) is 0 Å². The van der Waals surface area contributed by atoms with Crippen LogP contribution in [-0.4, -0.2) is 41.0 Å². The van der Waals surface area contributed by atoms with Gasteiger partial charge in [0.15, 0.2) is 11.7 Å². The van der Waals surface area contributed by atoms with E-state index in [0.29, 0.717) is 0 Å². The van der Waals surface area contributed by atoms with Gasteiger partial charge in [0.25, 0.3) is 0 Å². The molecule has 0 aliphatic carbocycles. The van der Waals surface area contributed by atoms with Gasteiger partial charge in [-0.1, -0.05) is 11.8 Å². The van der Waals surface area contributed by atoms with Crippen molar-refractivity contribution in [1.29, 1.82) is 0 Å². The molecular weight excluding hydrogens is 184 g/mol. The van der Waals surface area contributed by atoms with Crippen LogP contribution in [0.3, 0.4) is 0 Å². The second-order valence-electron chi connectivity index (χ2n) is 1.95. The number of hydrogen-bond acceptors (Lipinski definition) is 5. The predicted molar refractivity (Wildman–Crippen MR) is 43.7 cm³/mol. The van der Waals surface area contributed by atoms with E-state index < -0.39 is 17.7 Å². The summed E-state index contributed by atoms with van der Waals surface area (Å²) >= 11 is 0.782. The number of aliphatic hydroxyl groups is 1. The summed E-state index contributed by atoms with van der Waals surface area (Å²) in [5.74, 6) is -1.18. The molecule has 0 saturated heterocycles. The lowest BCUT2D eigenvalue weighted by Crippen LogP contribution is -2.18. The van der Waals surface area contributed by atoms with Crippen LogP contribution in [0.2, 0.25) is 0 Å². The van der Waals surface area contributed by atoms with Crippen LogP contribution in [-0.2, 0) is 14.3 Å². The lowest BCUT2D eigenvalue weighted by atomic mass is 10.7. The zero-order valence-corrected chi connectivity index (χ0v) is 7.71. The Morgan fingerprint density at radius 3 is 2.67 bits per heavy atom. The van der Waals surface area contributed by atoms with Crippen molar-refractivity contribution in [1.82, 2.24) is 0 Å². The van der Waals surface area contributed by atoms with Crippen molar-refractivity contribution >= 4 is 17.7 Å². The van der Waals surface area contributed by atoms with Gasteiger partial charge in [0, 0.05) is 7.11 Å². The average molecular weight is 196 g/mol. The van der Waals surface area contributed by atoms with Crippen molar-refractivity contribution in [3.05, 3.63) is 0 Å². The van der Waals surface area contributed by atoms with Crippen LogP contribution in [0.1, 0.15) is 6.92 Å². The molecule has 12 heavy (non-hydrogen) atoms. The third-order valence-electron chi connectivity index (χ3n) is 1.07. The van der Waals surface area contributed by atoms with Gasteiger partial charge in [-0.25, -0.2) is 4.79 Å². The third-order valence-corrected chi connectivity index (χ3v) is 1.86. The number of methoxy groups -OCH3 is 1. The van der Waals surface area contributed by atoms with Crippen LogP contribution in [0.4, 0.5) is 0 Å². The molecule has 0 fully saturated rings. The molecule has 0 spiro atoms. The van der Waals surface area contributed by atoms with Gasteiger partial charge in [-0.05, 0) is 6.92 Å². The SMILES string of the molecule is COC(C)OCSC(O)C(=O)O. The van der Waals surface area contributed by atoms with Crippen LogP contribution in [0, 0.1) is 0 Å². The number of aliphatic hydroxyl groups excluding tert-OH is 1. The second kappa shape index (κ2) is 6.24. The summed E-state index contributed by atoms with van der Waals surface area (Å²) in [5, 5.41) is 17.0. The Kier molecular flexibility index (Phi) is 6.09. The minimum absolute atomic E-state index is 0.0858. The Labute approximate surface area is 74.7 Å². The standard InChI is InChI=1S/C6H12O5S/c1-4(10-2)11-3-12-6(9)5(7)8/h4,6,9H,3H2,1-2H3,(H,7,8). The van der Waals surface area contributed by atoms with Crippen molar-refractivity contribution in [2.75, 3.05) is 13.0 Å². The van der Waals surface area contributed by atoms with Gasteiger partial charge in [0.2, 0.25) is 0 Å². The fourth-order valence-electron chi connectivity index (χ4n) is 0.339. The Morgan fingerprint density at radius 2 is 2.25 bits per heavy atom. The van der Waals surface area contributed by atoms with Crippen LogP contribution in [0.5, 0.6) is 0 Å². The van der Waals surface area contributed by atoms with Crippen LogP contribution >= 0.6 is 11.8 Å². The first-order valence-electron chi connectivity index (χ1n) is 3.24. The molecule has 6 heteroatoms. The Bertz CT molecular complexity index is 140. The zero-order valence-electron chi connectivity index (χ0n) is 6.89. The molecule has 0 aliphatic heterocycles. The van der Waals surface area contributed by atoms with Crippen molar-refractivity contribution in [2.24, 2.45) is 0 Å². The van der Waals surface area contributed by atoms with E-state index >= 15 is 0 Å². The minimum Gasteiger partial charge on any atom is -0.479 e. The molecule has 72 valence electrons. The highest BCUT2D eigenvalue weighted by molar-refractivity contribution is 8.00. The summed E-state index contributed by atoms with van der Waals surface area (Å²) in [6.07, 6.45) is -0.390. The van der Waals surface area contributed by atoms with Gasteiger partial charge in [-0.2, -0.15) is 0 Å². The minimum atomic E-state index is -1.44. The molecule has 0 aromatic rings. The highest BCUT2D eigenvalue weighted by Gasteiger charge is 2.13. The first kappa shape index (κ1) is 11.7. The van der Waals surface area contributed by atoms with E-state index in [2.05, 4.69) is 0 Å². The maximum atomic E-state index is 10.1. The fraction of sp³-hybridized carbons (Fsp3) is 0.833. The molecular formula is C6H12O5S. The maximum Gasteiger partial charge on any atom is 0.343 e. The number of carboxylic acids is 1. The first-order chi connectivity index (χ1) is 5.57. The lowest BCUT2D eigenvalue weighted by molar-refractivity contribution is -0.142. The zero-order chi connectivity index (χ0) is 9.56. The topological polar surface area (TPSA) is 76.0 Å². The molecule has 0 rings (SSSR count). The number of hydrogen-bond donors (Lipinski definition) is 2. The van der Waals surface area contributed by atoms with Gasteiger partial charge < -0.3 is 19.7 Å². The summed E-state index contributed by atoms with van der Waals surface area (Å²) in [6.45, 7) is 1.67. The van der Waals surface area contributed by atoms with Crippen LogP contribution in [0.25, 0.3) is 0 Å². The van der Waals surface area contributed by atoms with Gasteiger partial charge in [-0.15, -0.1) is 0 Å². The molecule has 0 saturated carbocycles. The predicted octanol–water partition coefficient (Wildman–Crippen LogP) is 0.0891. The van der Waals surface area contributed by atoms with Gasteiger partial charge in [0.1, 0.15) is 0 Å². The van der Waals surface area contributed by atoms with E-state index in [4.69, 9.17) is 19.7 Å². The smallest absolute Gasteiger partial charge is 0.343 e. The van der Waals surface area contributed by atoms with E-state index in [9.17, 15) is 4.79 Å². The number of carbonyl (C=O) groups is 1. The maximum absolute atomic E-state index is 10.1. The van der Waals surface area contributed by atoms with E-state index in [0.717, 1.165) is 11.8 Å². The molecule has 2 N–H and O–H groups in total. The van der Waals surface area contributed by atoms with E-state index in [1.165, 1.54) is 7.11 Å². The molecule has 2 unspecified atom stereocenters. The normalized spacial score (nSPS) is 15.6. The lowest BCUT2D eigenvalue weighted by Gasteiger charge is -2.11. The number of rotatable bonds is 6. The molecule has 0 amide bonds. The number of ether oxygens (including phenoxy) is 2. The molecule has 0 aliphatic rings. The molecule has 2 atom stereocenters. The molecule has 0 aromatic carbocycles. The Morgan fingerprint density at radius 1 is 1.67 bits per heavy atom. The van der Waals surface area contributed by atoms with Crippen molar-refractivity contribution in [3.8, 4) is 0 Å². The Balaban J connectivity index is 3.37. The highest BCUT2D eigenvalue weighted by atomic mass is 32.2. The van der Waals surface area contributed by atoms with Crippen molar-refractivity contribution < 1.29 is 24.5 Å². The third kappa shape index (κ3) is 5.36. The van der Waals surface area contributed by atoms with Crippen molar-refractivity contribution in [3.63, 3.8) is 0 Å². The summed E-state index contributed by atoms with van der Waals surface area (Å²) < 4.78 is 9.66. The second-order valence-corrected chi connectivity index (χ2v) is 2.96. The van der Waals surface area contributed by atoms with Gasteiger partial charge in [-0.3, -0.25) is 0 Å². The summed E-state index contributed by atoms with van der Waals surface area (Å²) in [7, 11) is 1.48. The van der Waals surface area contributed by atoms with Crippen molar-refractivity contribution in [2.45, 2.75) is 18.6 Å². The summed E-state index contributed by atoms with van der Waals surface area (Å²) in [6, 6.07) is 0. The van der Waals surface area contributed by atoms with E-state index in [1.54, 1.807) is 6.92 Å².